The minimum absolute atomic E-state index is 1.24. The molecule has 1 aliphatic heterocycles. The number of rotatable bonds is 4. The molecule has 0 bridgehead atoms. The Bertz CT molecular complexity index is 319. The fraction of sp³-hybridized carbons (Fsp3) is 0.600. The van der Waals surface area contributed by atoms with Crippen molar-refractivity contribution in [2.24, 2.45) is 0 Å². The van der Waals surface area contributed by atoms with Crippen LogP contribution < -0.4 is 4.90 Å². The Labute approximate surface area is 99.5 Å². The van der Waals surface area contributed by atoms with Gasteiger partial charge in [-0.1, -0.05) is 38.0 Å². The highest BCUT2D eigenvalue weighted by atomic mass is 15.1. The summed E-state index contributed by atoms with van der Waals surface area (Å²) in [6.07, 6.45) is 7.97. The number of hydrogen-bond donors (Lipinski definition) is 0. The molecule has 2 rings (SSSR count). The van der Waals surface area contributed by atoms with Crippen LogP contribution in [0.25, 0.3) is 0 Å². The summed E-state index contributed by atoms with van der Waals surface area (Å²) in [5.74, 6) is 0. The minimum atomic E-state index is 1.24. The van der Waals surface area contributed by atoms with Gasteiger partial charge >= 0.3 is 0 Å². The average molecular weight is 217 g/mol. The zero-order valence-electron chi connectivity index (χ0n) is 10.4. The molecule has 0 spiro atoms. The van der Waals surface area contributed by atoms with E-state index in [1.54, 1.807) is 5.56 Å². The van der Waals surface area contributed by atoms with E-state index in [-0.39, 0.29) is 0 Å². The quantitative estimate of drug-likeness (QED) is 0.689. The van der Waals surface area contributed by atoms with Crippen LogP contribution in [0.1, 0.15) is 44.6 Å². The molecule has 0 unspecified atom stereocenters. The van der Waals surface area contributed by atoms with Crippen molar-refractivity contribution in [2.75, 3.05) is 18.0 Å². The predicted molar refractivity (Wildman–Crippen MR) is 71.1 cm³/mol. The first kappa shape index (κ1) is 11.5. The SMILES string of the molecule is CCCCCN1CCCCc2ccccc21. The van der Waals surface area contributed by atoms with Crippen molar-refractivity contribution in [2.45, 2.75) is 45.4 Å². The molecule has 0 saturated carbocycles. The molecule has 0 aliphatic carbocycles. The first-order chi connectivity index (χ1) is 7.92. The Kier molecular flexibility index (Phi) is 4.26. The molecule has 0 radical (unpaired) electrons. The summed E-state index contributed by atoms with van der Waals surface area (Å²) in [5.41, 5.74) is 3.05. The average Bonchev–Trinajstić information content (AvgIpc) is 2.52. The molecule has 1 heteroatoms. The maximum atomic E-state index is 2.60. The largest absolute Gasteiger partial charge is 0.371 e. The van der Waals surface area contributed by atoms with Gasteiger partial charge in [0.25, 0.3) is 0 Å². The number of fused-ring (bicyclic) bond motifs is 1. The molecule has 1 aliphatic rings. The van der Waals surface area contributed by atoms with E-state index >= 15 is 0 Å². The monoisotopic (exact) mass is 217 g/mol. The molecule has 88 valence electrons. The number of hydrogen-bond acceptors (Lipinski definition) is 1. The number of nitrogens with zero attached hydrogens (tertiary/aromatic N) is 1. The van der Waals surface area contributed by atoms with Crippen LogP contribution in [-0.2, 0) is 6.42 Å². The standard InChI is InChI=1S/C15H23N/c1-2-3-7-12-16-13-8-6-10-14-9-4-5-11-15(14)16/h4-5,9,11H,2-3,6-8,10,12-13H2,1H3. The summed E-state index contributed by atoms with van der Waals surface area (Å²) < 4.78 is 0. The summed E-state index contributed by atoms with van der Waals surface area (Å²) in [5, 5.41) is 0. The lowest BCUT2D eigenvalue weighted by molar-refractivity contribution is 0.657. The lowest BCUT2D eigenvalue weighted by atomic mass is 10.1. The van der Waals surface area contributed by atoms with Crippen molar-refractivity contribution in [1.82, 2.24) is 0 Å². The van der Waals surface area contributed by atoms with Crippen LogP contribution in [0, 0.1) is 0 Å². The number of unbranched alkanes of at least 4 members (excludes halogenated alkanes) is 2. The van der Waals surface area contributed by atoms with Crippen molar-refractivity contribution in [3.8, 4) is 0 Å². The molecule has 1 aromatic carbocycles. The molecular formula is C15H23N. The molecule has 0 aromatic heterocycles. The van der Waals surface area contributed by atoms with Crippen LogP contribution in [-0.4, -0.2) is 13.1 Å². The molecule has 0 saturated heterocycles. The van der Waals surface area contributed by atoms with Crippen LogP contribution in [0.2, 0.25) is 0 Å². The van der Waals surface area contributed by atoms with Gasteiger partial charge in [-0.2, -0.15) is 0 Å². The van der Waals surface area contributed by atoms with Crippen LogP contribution >= 0.6 is 0 Å². The normalized spacial score (nSPS) is 15.7. The van der Waals surface area contributed by atoms with Gasteiger partial charge in [-0.05, 0) is 37.3 Å². The van der Waals surface area contributed by atoms with Gasteiger partial charge < -0.3 is 4.90 Å². The minimum Gasteiger partial charge on any atom is -0.371 e. The van der Waals surface area contributed by atoms with E-state index in [0.717, 1.165) is 0 Å². The molecule has 0 amide bonds. The first-order valence-corrected chi connectivity index (χ1v) is 6.74. The van der Waals surface area contributed by atoms with Gasteiger partial charge in [-0.3, -0.25) is 0 Å². The number of aryl methyl sites for hydroxylation is 1. The molecule has 1 aromatic rings. The Morgan fingerprint density at radius 1 is 1.12 bits per heavy atom. The van der Waals surface area contributed by atoms with Gasteiger partial charge in [0.2, 0.25) is 0 Å². The highest BCUT2D eigenvalue weighted by molar-refractivity contribution is 5.54. The van der Waals surface area contributed by atoms with Crippen LogP contribution in [0.4, 0.5) is 5.69 Å². The van der Waals surface area contributed by atoms with Gasteiger partial charge in [0.15, 0.2) is 0 Å². The maximum Gasteiger partial charge on any atom is 0.0398 e. The second-order valence-corrected chi connectivity index (χ2v) is 4.78. The lowest BCUT2D eigenvalue weighted by Crippen LogP contribution is -2.25. The van der Waals surface area contributed by atoms with E-state index in [9.17, 15) is 0 Å². The molecule has 0 fully saturated rings. The van der Waals surface area contributed by atoms with Crippen LogP contribution in [0.3, 0.4) is 0 Å². The molecule has 16 heavy (non-hydrogen) atoms. The van der Waals surface area contributed by atoms with E-state index in [1.807, 2.05) is 0 Å². The molecular weight excluding hydrogens is 194 g/mol. The Hall–Kier alpha value is -0.980. The smallest absolute Gasteiger partial charge is 0.0398 e. The number of benzene rings is 1. The fourth-order valence-electron chi connectivity index (χ4n) is 2.55. The predicted octanol–water partition coefficient (Wildman–Crippen LogP) is 4.02. The summed E-state index contributed by atoms with van der Waals surface area (Å²) in [4.78, 5) is 2.60. The van der Waals surface area contributed by atoms with Crippen molar-refractivity contribution >= 4 is 5.69 Å². The Balaban J connectivity index is 2.06. The van der Waals surface area contributed by atoms with Crippen LogP contribution in [0.15, 0.2) is 24.3 Å². The van der Waals surface area contributed by atoms with Gasteiger partial charge in [0.1, 0.15) is 0 Å². The van der Waals surface area contributed by atoms with Gasteiger partial charge in [0, 0.05) is 18.8 Å². The molecule has 0 atom stereocenters. The van der Waals surface area contributed by atoms with Crippen molar-refractivity contribution in [1.29, 1.82) is 0 Å². The number of anilines is 1. The summed E-state index contributed by atoms with van der Waals surface area (Å²) >= 11 is 0. The molecule has 1 nitrogen and oxygen atoms in total. The molecule has 0 N–H and O–H groups in total. The topological polar surface area (TPSA) is 3.24 Å². The van der Waals surface area contributed by atoms with Crippen molar-refractivity contribution in [3.05, 3.63) is 29.8 Å². The highest BCUT2D eigenvalue weighted by Crippen LogP contribution is 2.26. The van der Waals surface area contributed by atoms with Crippen LogP contribution in [0.5, 0.6) is 0 Å². The van der Waals surface area contributed by atoms with E-state index in [4.69, 9.17) is 0 Å². The van der Waals surface area contributed by atoms with E-state index in [1.165, 1.54) is 57.3 Å². The fourth-order valence-corrected chi connectivity index (χ4v) is 2.55. The second kappa shape index (κ2) is 5.93. The zero-order chi connectivity index (χ0) is 11.2. The van der Waals surface area contributed by atoms with Crippen molar-refractivity contribution < 1.29 is 0 Å². The third kappa shape index (κ3) is 2.78. The van der Waals surface area contributed by atoms with E-state index < -0.39 is 0 Å². The second-order valence-electron chi connectivity index (χ2n) is 4.78. The summed E-state index contributed by atoms with van der Waals surface area (Å²) in [7, 11) is 0. The van der Waals surface area contributed by atoms with E-state index in [0.29, 0.717) is 0 Å². The molecule has 1 heterocycles. The first-order valence-electron chi connectivity index (χ1n) is 6.74. The van der Waals surface area contributed by atoms with Crippen molar-refractivity contribution in [3.63, 3.8) is 0 Å². The zero-order valence-corrected chi connectivity index (χ0v) is 10.4. The Morgan fingerprint density at radius 3 is 2.88 bits per heavy atom. The van der Waals surface area contributed by atoms with Gasteiger partial charge in [-0.25, -0.2) is 0 Å². The Morgan fingerprint density at radius 2 is 2.00 bits per heavy atom. The highest BCUT2D eigenvalue weighted by Gasteiger charge is 2.13. The third-order valence-corrected chi connectivity index (χ3v) is 3.49. The number of para-hydroxylation sites is 1. The third-order valence-electron chi connectivity index (χ3n) is 3.49. The summed E-state index contributed by atoms with van der Waals surface area (Å²) in [6.45, 7) is 4.77. The maximum absolute atomic E-state index is 2.60. The van der Waals surface area contributed by atoms with Gasteiger partial charge in [0.05, 0.1) is 0 Å². The lowest BCUT2D eigenvalue weighted by Gasteiger charge is -2.24. The summed E-state index contributed by atoms with van der Waals surface area (Å²) in [6, 6.07) is 8.95. The van der Waals surface area contributed by atoms with Gasteiger partial charge in [-0.15, -0.1) is 0 Å². The van der Waals surface area contributed by atoms with E-state index in [2.05, 4.69) is 36.1 Å².